The van der Waals surface area contributed by atoms with Crippen LogP contribution in [0, 0.1) is 0 Å². The number of rotatable bonds is 16. The predicted molar refractivity (Wildman–Crippen MR) is 107 cm³/mol. The van der Waals surface area contributed by atoms with E-state index in [1.807, 2.05) is 0 Å². The number of hydrogen-bond donors (Lipinski definition) is 2. The molecule has 0 radical (unpaired) electrons. The SMILES string of the molecule is CCCCCCCCCCCCCCC(CS(=O)(=O)O)NC(C)=O.[NaH]. The van der Waals surface area contributed by atoms with Gasteiger partial charge >= 0.3 is 29.6 Å². The second-order valence-electron chi connectivity index (χ2n) is 6.82. The van der Waals surface area contributed by atoms with Gasteiger partial charge < -0.3 is 5.32 Å². The van der Waals surface area contributed by atoms with Crippen LogP contribution in [-0.2, 0) is 14.9 Å². The molecule has 7 heteroatoms. The molecule has 0 aliphatic heterocycles. The fourth-order valence-electron chi connectivity index (χ4n) is 2.97. The van der Waals surface area contributed by atoms with Gasteiger partial charge in [-0.25, -0.2) is 0 Å². The van der Waals surface area contributed by atoms with E-state index in [1.54, 1.807) is 0 Å². The Labute approximate surface area is 177 Å². The fraction of sp³-hybridized carbons (Fsp3) is 0.944. The van der Waals surface area contributed by atoms with Crippen LogP contribution < -0.4 is 5.32 Å². The van der Waals surface area contributed by atoms with E-state index in [4.69, 9.17) is 4.55 Å². The van der Waals surface area contributed by atoms with Gasteiger partial charge in [0, 0.05) is 13.0 Å². The zero-order valence-corrected chi connectivity index (χ0v) is 16.4. The summed E-state index contributed by atoms with van der Waals surface area (Å²) in [5.74, 6) is -0.660. The maximum absolute atomic E-state index is 11.1. The topological polar surface area (TPSA) is 83.5 Å². The average molecular weight is 388 g/mol. The van der Waals surface area contributed by atoms with Crippen LogP contribution in [0.25, 0.3) is 0 Å². The number of amides is 1. The third kappa shape index (κ3) is 22.3. The zero-order valence-electron chi connectivity index (χ0n) is 15.6. The summed E-state index contributed by atoms with van der Waals surface area (Å²) in [5.41, 5.74) is 0. The molecule has 0 aliphatic carbocycles. The number of carbonyl (C=O) groups excluding carboxylic acids is 1. The van der Waals surface area contributed by atoms with Crippen molar-refractivity contribution in [3.05, 3.63) is 0 Å². The standard InChI is InChI=1S/C18H37NO4S.Na.H/c1-3-4-5-6-7-8-9-10-11-12-13-14-15-18(19-17(2)20)16-24(21,22)23;;/h18H,3-16H2,1-2H3,(H,19,20)(H,21,22,23);;. The first-order chi connectivity index (χ1) is 11.3. The van der Waals surface area contributed by atoms with Gasteiger partial charge in [-0.2, -0.15) is 8.42 Å². The van der Waals surface area contributed by atoms with Crippen LogP contribution in [0.5, 0.6) is 0 Å². The third-order valence-electron chi connectivity index (χ3n) is 4.23. The first-order valence-corrected chi connectivity index (χ1v) is 11.2. The van der Waals surface area contributed by atoms with Gasteiger partial charge in [0.15, 0.2) is 0 Å². The van der Waals surface area contributed by atoms with Crippen LogP contribution in [0.1, 0.15) is 97.3 Å². The summed E-state index contributed by atoms with van der Waals surface area (Å²) in [5, 5.41) is 2.60. The second kappa shape index (κ2) is 17.8. The first-order valence-electron chi connectivity index (χ1n) is 9.57. The fourth-order valence-corrected chi connectivity index (χ4v) is 3.73. The van der Waals surface area contributed by atoms with Crippen molar-refractivity contribution in [3.63, 3.8) is 0 Å². The summed E-state index contributed by atoms with van der Waals surface area (Å²) in [4.78, 5) is 11.1. The number of unbranched alkanes of at least 4 members (excludes halogenated alkanes) is 11. The molecule has 0 aromatic carbocycles. The molecule has 0 spiro atoms. The molecule has 0 bridgehead atoms. The Kier molecular flexibility index (Phi) is 19.6. The van der Waals surface area contributed by atoms with E-state index in [2.05, 4.69) is 12.2 Å². The van der Waals surface area contributed by atoms with Crippen molar-refractivity contribution in [1.29, 1.82) is 0 Å². The van der Waals surface area contributed by atoms with E-state index in [0.717, 1.165) is 19.3 Å². The molecule has 2 N–H and O–H groups in total. The van der Waals surface area contributed by atoms with E-state index in [-0.39, 0.29) is 35.5 Å². The summed E-state index contributed by atoms with van der Waals surface area (Å²) in [6.07, 6.45) is 15.5. The Morgan fingerprint density at radius 1 is 0.880 bits per heavy atom. The molecule has 0 fully saturated rings. The number of hydrogen-bond acceptors (Lipinski definition) is 3. The summed E-state index contributed by atoms with van der Waals surface area (Å²) < 4.78 is 30.8. The van der Waals surface area contributed by atoms with Crippen molar-refractivity contribution in [1.82, 2.24) is 5.32 Å². The predicted octanol–water partition coefficient (Wildman–Crippen LogP) is 3.82. The summed E-state index contributed by atoms with van der Waals surface area (Å²) in [6.45, 7) is 3.60. The molecular weight excluding hydrogens is 349 g/mol. The van der Waals surface area contributed by atoms with Gasteiger partial charge in [0.25, 0.3) is 10.1 Å². The molecule has 0 aromatic rings. The van der Waals surface area contributed by atoms with Crippen LogP contribution in [0.2, 0.25) is 0 Å². The quantitative estimate of drug-likeness (QED) is 0.240. The molecule has 0 aliphatic rings. The number of carbonyl (C=O) groups is 1. The van der Waals surface area contributed by atoms with Crippen molar-refractivity contribution in [3.8, 4) is 0 Å². The number of nitrogens with one attached hydrogen (secondary N) is 1. The molecule has 0 saturated heterocycles. The molecule has 0 heterocycles. The molecule has 0 rings (SSSR count). The first kappa shape index (κ1) is 27.6. The minimum absolute atomic E-state index is 0. The molecule has 0 aromatic heterocycles. The van der Waals surface area contributed by atoms with Crippen molar-refractivity contribution in [2.45, 2.75) is 103 Å². The summed E-state index contributed by atoms with van der Waals surface area (Å²) >= 11 is 0. The maximum atomic E-state index is 11.1. The van der Waals surface area contributed by atoms with Crippen LogP contribution in [0.3, 0.4) is 0 Å². The van der Waals surface area contributed by atoms with Gasteiger partial charge in [-0.05, 0) is 6.42 Å². The molecule has 146 valence electrons. The monoisotopic (exact) mass is 387 g/mol. The average Bonchev–Trinajstić information content (AvgIpc) is 2.46. The molecule has 1 unspecified atom stereocenters. The normalized spacial score (nSPS) is 12.4. The van der Waals surface area contributed by atoms with Gasteiger partial charge in [0.05, 0.1) is 5.75 Å². The zero-order chi connectivity index (χ0) is 18.3. The molecule has 25 heavy (non-hydrogen) atoms. The van der Waals surface area contributed by atoms with Gasteiger partial charge in [-0.3, -0.25) is 9.35 Å². The summed E-state index contributed by atoms with van der Waals surface area (Å²) in [6, 6.07) is -0.486. The molecule has 5 nitrogen and oxygen atoms in total. The Balaban J connectivity index is 0. The summed E-state index contributed by atoms with van der Waals surface area (Å²) in [7, 11) is -4.05. The third-order valence-corrected chi connectivity index (χ3v) is 5.05. The van der Waals surface area contributed by atoms with E-state index < -0.39 is 21.9 Å². The van der Waals surface area contributed by atoms with Crippen LogP contribution >= 0.6 is 0 Å². The molecule has 1 atom stereocenters. The molecule has 0 saturated carbocycles. The van der Waals surface area contributed by atoms with E-state index in [0.29, 0.717) is 6.42 Å². The van der Waals surface area contributed by atoms with Crippen molar-refractivity contribution < 1.29 is 17.8 Å². The molecular formula is C18H38NNaO4S. The van der Waals surface area contributed by atoms with Gasteiger partial charge in [0.2, 0.25) is 5.91 Å². The van der Waals surface area contributed by atoms with Crippen molar-refractivity contribution >= 4 is 45.6 Å². The van der Waals surface area contributed by atoms with E-state index >= 15 is 0 Å². The molecule has 1 amide bonds. The van der Waals surface area contributed by atoms with Crippen LogP contribution in [-0.4, -0.2) is 60.2 Å². The Morgan fingerprint density at radius 2 is 1.28 bits per heavy atom. The van der Waals surface area contributed by atoms with E-state index in [1.165, 1.54) is 64.7 Å². The Morgan fingerprint density at radius 3 is 1.64 bits per heavy atom. The minimum atomic E-state index is -4.05. The Bertz CT molecular complexity index is 415. The van der Waals surface area contributed by atoms with Gasteiger partial charge in [-0.15, -0.1) is 0 Å². The van der Waals surface area contributed by atoms with Gasteiger partial charge in [0.1, 0.15) is 0 Å². The van der Waals surface area contributed by atoms with Crippen LogP contribution in [0.15, 0.2) is 0 Å². The van der Waals surface area contributed by atoms with Gasteiger partial charge in [-0.1, -0.05) is 84.0 Å². The Hall–Kier alpha value is 0.380. The van der Waals surface area contributed by atoms with Crippen molar-refractivity contribution in [2.75, 3.05) is 5.75 Å². The van der Waals surface area contributed by atoms with E-state index in [9.17, 15) is 13.2 Å². The van der Waals surface area contributed by atoms with Crippen molar-refractivity contribution in [2.24, 2.45) is 0 Å². The second-order valence-corrected chi connectivity index (χ2v) is 8.32. The van der Waals surface area contributed by atoms with Crippen LogP contribution in [0.4, 0.5) is 0 Å².